The zero-order chi connectivity index (χ0) is 20.1. The summed E-state index contributed by atoms with van der Waals surface area (Å²) in [6.07, 6.45) is 2.57. The molecule has 1 aromatic heterocycles. The molecule has 1 heterocycles. The number of rotatable bonds is 8. The Balaban J connectivity index is 1.79. The highest BCUT2D eigenvalue weighted by molar-refractivity contribution is 6.11. The monoisotopic (exact) mass is 376 g/mol. The summed E-state index contributed by atoms with van der Waals surface area (Å²) in [5.74, 6) is -0.00783. The lowest BCUT2D eigenvalue weighted by molar-refractivity contribution is 0.0937. The van der Waals surface area contributed by atoms with Gasteiger partial charge >= 0.3 is 0 Å². The first-order valence-electron chi connectivity index (χ1n) is 10.0. The summed E-state index contributed by atoms with van der Waals surface area (Å²) < 4.78 is 0. The molecular weight excluding hydrogens is 348 g/mol. The molecule has 0 radical (unpaired) electrons. The second kappa shape index (κ2) is 8.87. The predicted molar refractivity (Wildman–Crippen MR) is 114 cm³/mol. The fraction of sp³-hybridized carbons (Fsp3) is 0.333. The Hall–Kier alpha value is -2.88. The predicted octanol–water partition coefficient (Wildman–Crippen LogP) is 4.93. The second-order valence-corrected chi connectivity index (χ2v) is 7.50. The smallest absolute Gasteiger partial charge is 0.251 e. The number of nitrogens with one attached hydrogen (secondary N) is 2. The van der Waals surface area contributed by atoms with E-state index < -0.39 is 0 Å². The molecule has 4 heteroatoms. The number of amides is 1. The number of aromatic nitrogens is 1. The third-order valence-corrected chi connectivity index (χ3v) is 4.95. The topological polar surface area (TPSA) is 62.0 Å². The second-order valence-electron chi connectivity index (χ2n) is 7.50. The highest BCUT2D eigenvalue weighted by Crippen LogP contribution is 2.27. The van der Waals surface area contributed by atoms with Crippen molar-refractivity contribution in [3.63, 3.8) is 0 Å². The lowest BCUT2D eigenvalue weighted by Crippen LogP contribution is -2.25. The number of carbonyl (C=O) groups excluding carboxylic acids is 2. The molecule has 1 amide bonds. The normalized spacial score (nSPS) is 11.1. The first-order chi connectivity index (χ1) is 13.5. The van der Waals surface area contributed by atoms with Crippen molar-refractivity contribution in [3.8, 4) is 0 Å². The van der Waals surface area contributed by atoms with Gasteiger partial charge in [0, 0.05) is 40.2 Å². The first-order valence-corrected chi connectivity index (χ1v) is 10.0. The van der Waals surface area contributed by atoms with Crippen LogP contribution in [0, 0.1) is 5.92 Å². The zero-order valence-corrected chi connectivity index (χ0v) is 16.8. The van der Waals surface area contributed by atoms with E-state index in [1.807, 2.05) is 44.2 Å². The molecule has 3 aromatic rings. The Labute approximate surface area is 166 Å². The number of fused-ring (bicyclic) bond motifs is 1. The minimum absolute atomic E-state index is 0.0597. The number of H-pyrrole nitrogens is 1. The minimum Gasteiger partial charge on any atom is -0.358 e. The van der Waals surface area contributed by atoms with Gasteiger partial charge in [-0.1, -0.05) is 63.6 Å². The molecule has 0 aliphatic carbocycles. The Morgan fingerprint density at radius 3 is 2.46 bits per heavy atom. The molecule has 4 nitrogen and oxygen atoms in total. The molecule has 28 heavy (non-hydrogen) atoms. The number of carbonyl (C=O) groups is 2. The van der Waals surface area contributed by atoms with E-state index in [1.54, 1.807) is 6.07 Å². The van der Waals surface area contributed by atoms with Gasteiger partial charge in [0.15, 0.2) is 5.78 Å². The summed E-state index contributed by atoms with van der Waals surface area (Å²) in [4.78, 5) is 28.6. The van der Waals surface area contributed by atoms with Crippen LogP contribution in [-0.4, -0.2) is 23.2 Å². The molecule has 2 aromatic carbocycles. The average Bonchev–Trinajstić information content (AvgIpc) is 3.05. The maximum atomic E-state index is 12.7. The molecule has 0 saturated heterocycles. The van der Waals surface area contributed by atoms with Gasteiger partial charge in [-0.15, -0.1) is 0 Å². The SMILES string of the molecule is CCCc1[nH]c2cc(C(=O)NCCc3ccccc3)ccc2c1C(=O)C(C)C. The van der Waals surface area contributed by atoms with Crippen LogP contribution < -0.4 is 5.32 Å². The van der Waals surface area contributed by atoms with E-state index in [1.165, 1.54) is 5.56 Å². The lowest BCUT2D eigenvalue weighted by Gasteiger charge is -2.07. The van der Waals surface area contributed by atoms with Gasteiger partial charge < -0.3 is 10.3 Å². The number of Topliss-reactive ketones (excluding diaryl/α,β-unsaturated/α-hetero) is 1. The van der Waals surface area contributed by atoms with Crippen molar-refractivity contribution in [2.75, 3.05) is 6.54 Å². The van der Waals surface area contributed by atoms with Crippen LogP contribution in [0.4, 0.5) is 0 Å². The number of hydrogen-bond donors (Lipinski definition) is 2. The summed E-state index contributed by atoms with van der Waals surface area (Å²) in [7, 11) is 0. The summed E-state index contributed by atoms with van der Waals surface area (Å²) >= 11 is 0. The van der Waals surface area contributed by atoms with Gasteiger partial charge in [-0.3, -0.25) is 9.59 Å². The van der Waals surface area contributed by atoms with E-state index in [0.717, 1.165) is 41.4 Å². The molecule has 0 aliphatic heterocycles. The highest BCUT2D eigenvalue weighted by atomic mass is 16.1. The van der Waals surface area contributed by atoms with Gasteiger partial charge in [0.25, 0.3) is 5.91 Å². The number of benzene rings is 2. The van der Waals surface area contributed by atoms with Gasteiger partial charge in [0.1, 0.15) is 0 Å². The van der Waals surface area contributed by atoms with Crippen molar-refractivity contribution < 1.29 is 9.59 Å². The van der Waals surface area contributed by atoms with Crippen LogP contribution in [-0.2, 0) is 12.8 Å². The molecular formula is C24H28N2O2. The number of aromatic amines is 1. The van der Waals surface area contributed by atoms with Crippen molar-refractivity contribution in [1.29, 1.82) is 0 Å². The Bertz CT molecular complexity index is 971. The van der Waals surface area contributed by atoms with Crippen LogP contribution in [0.3, 0.4) is 0 Å². The lowest BCUT2D eigenvalue weighted by atomic mass is 9.96. The van der Waals surface area contributed by atoms with Gasteiger partial charge in [-0.05, 0) is 30.5 Å². The highest BCUT2D eigenvalue weighted by Gasteiger charge is 2.21. The maximum absolute atomic E-state index is 12.7. The minimum atomic E-state index is -0.0961. The van der Waals surface area contributed by atoms with Gasteiger partial charge in [0.05, 0.1) is 0 Å². The molecule has 0 saturated carbocycles. The number of hydrogen-bond acceptors (Lipinski definition) is 2. The van der Waals surface area contributed by atoms with Crippen LogP contribution in [0.15, 0.2) is 48.5 Å². The summed E-state index contributed by atoms with van der Waals surface area (Å²) in [5.41, 5.74) is 4.40. The number of aryl methyl sites for hydroxylation is 1. The van der Waals surface area contributed by atoms with E-state index in [9.17, 15) is 9.59 Å². The van der Waals surface area contributed by atoms with Crippen molar-refractivity contribution in [2.45, 2.75) is 40.0 Å². The van der Waals surface area contributed by atoms with Gasteiger partial charge in [-0.25, -0.2) is 0 Å². The van der Waals surface area contributed by atoms with E-state index in [0.29, 0.717) is 12.1 Å². The van der Waals surface area contributed by atoms with E-state index in [4.69, 9.17) is 0 Å². The van der Waals surface area contributed by atoms with E-state index in [2.05, 4.69) is 29.4 Å². The third-order valence-electron chi connectivity index (χ3n) is 4.95. The number of ketones is 1. The molecule has 0 spiro atoms. The average molecular weight is 377 g/mol. The van der Waals surface area contributed by atoms with Crippen LogP contribution in [0.1, 0.15) is 59.2 Å². The standard InChI is InChI=1S/C24H28N2O2/c1-4-8-20-22(23(27)16(2)3)19-12-11-18(15-21(19)26-20)24(28)25-14-13-17-9-6-5-7-10-17/h5-7,9-12,15-16,26H,4,8,13-14H2,1-3H3,(H,25,28). The van der Waals surface area contributed by atoms with Crippen LogP contribution in [0.2, 0.25) is 0 Å². The third kappa shape index (κ3) is 4.33. The molecule has 0 unspecified atom stereocenters. The van der Waals surface area contributed by atoms with Gasteiger partial charge in [-0.2, -0.15) is 0 Å². The summed E-state index contributed by atoms with van der Waals surface area (Å²) in [6, 6.07) is 15.6. The summed E-state index contributed by atoms with van der Waals surface area (Å²) in [5, 5.41) is 3.89. The molecule has 3 rings (SSSR count). The fourth-order valence-electron chi connectivity index (χ4n) is 3.47. The quantitative estimate of drug-likeness (QED) is 0.548. The van der Waals surface area contributed by atoms with E-state index in [-0.39, 0.29) is 17.6 Å². The first kappa shape index (κ1) is 19.9. The molecule has 0 bridgehead atoms. The van der Waals surface area contributed by atoms with Crippen molar-refractivity contribution in [3.05, 3.63) is 70.9 Å². The fourth-order valence-corrected chi connectivity index (χ4v) is 3.47. The van der Waals surface area contributed by atoms with Crippen LogP contribution >= 0.6 is 0 Å². The largest absolute Gasteiger partial charge is 0.358 e. The molecule has 0 atom stereocenters. The van der Waals surface area contributed by atoms with Gasteiger partial charge in [0.2, 0.25) is 0 Å². The maximum Gasteiger partial charge on any atom is 0.251 e. The zero-order valence-electron chi connectivity index (χ0n) is 16.8. The Kier molecular flexibility index (Phi) is 6.30. The van der Waals surface area contributed by atoms with Crippen molar-refractivity contribution >= 4 is 22.6 Å². The van der Waals surface area contributed by atoms with E-state index >= 15 is 0 Å². The molecule has 0 aliphatic rings. The molecule has 146 valence electrons. The van der Waals surface area contributed by atoms with Crippen molar-refractivity contribution in [2.24, 2.45) is 5.92 Å². The van der Waals surface area contributed by atoms with Crippen LogP contribution in [0.25, 0.3) is 10.9 Å². The Morgan fingerprint density at radius 1 is 1.04 bits per heavy atom. The Morgan fingerprint density at radius 2 is 1.79 bits per heavy atom. The van der Waals surface area contributed by atoms with Crippen LogP contribution in [0.5, 0.6) is 0 Å². The summed E-state index contributed by atoms with van der Waals surface area (Å²) in [6.45, 7) is 6.53. The molecule has 0 fully saturated rings. The molecule has 2 N–H and O–H groups in total. The van der Waals surface area contributed by atoms with Crippen molar-refractivity contribution in [1.82, 2.24) is 10.3 Å².